The van der Waals surface area contributed by atoms with E-state index in [9.17, 15) is 28.0 Å². The molecule has 0 aliphatic rings. The Balaban J connectivity index is 0.000000198. The number of hydrogen-bond acceptors (Lipinski definition) is 11. The second-order valence-electron chi connectivity index (χ2n) is 13.0. The van der Waals surface area contributed by atoms with Crippen LogP contribution in [0.1, 0.15) is 38.6 Å². The Morgan fingerprint density at radius 3 is 1.78 bits per heavy atom. The van der Waals surface area contributed by atoms with Crippen molar-refractivity contribution in [2.75, 3.05) is 6.54 Å². The van der Waals surface area contributed by atoms with Crippen LogP contribution in [-0.4, -0.2) is 47.5 Å². The van der Waals surface area contributed by atoms with E-state index in [4.69, 9.17) is 13.9 Å². The largest absolute Gasteiger partial charge is 0.481 e. The molecular weight excluding hydrogens is 765 g/mol. The molecule has 16 heteroatoms. The van der Waals surface area contributed by atoms with Crippen LogP contribution in [0.15, 0.2) is 136 Å². The first-order chi connectivity index (χ1) is 28.5. The van der Waals surface area contributed by atoms with Gasteiger partial charge in [-0.1, -0.05) is 84.9 Å². The van der Waals surface area contributed by atoms with Crippen molar-refractivity contribution < 1.29 is 32.3 Å². The number of aromatic nitrogens is 6. The molecule has 0 saturated heterocycles. The van der Waals surface area contributed by atoms with E-state index in [-0.39, 0.29) is 66.3 Å². The van der Waals surface area contributed by atoms with Gasteiger partial charge in [0.2, 0.25) is 29.1 Å². The minimum absolute atomic E-state index is 0.00505. The summed E-state index contributed by atoms with van der Waals surface area (Å²) in [6.45, 7) is -0.0494. The maximum Gasteiger partial charge on any atom is 0.296 e. The summed E-state index contributed by atoms with van der Waals surface area (Å²) in [4.78, 5) is 58.0. The van der Waals surface area contributed by atoms with Gasteiger partial charge in [-0.05, 0) is 46.5 Å². The normalized spacial score (nSPS) is 10.6. The number of aryl methyl sites for hydroxylation is 2. The molecule has 0 aliphatic heterocycles. The average molecular weight is 802 g/mol. The van der Waals surface area contributed by atoms with Gasteiger partial charge >= 0.3 is 0 Å². The summed E-state index contributed by atoms with van der Waals surface area (Å²) in [5.74, 6) is -1.39. The highest BCUT2D eigenvalue weighted by Crippen LogP contribution is 2.25. The van der Waals surface area contributed by atoms with E-state index in [1.165, 1.54) is 65.2 Å². The van der Waals surface area contributed by atoms with Crippen molar-refractivity contribution in [1.82, 2.24) is 34.6 Å². The van der Waals surface area contributed by atoms with Crippen LogP contribution < -0.4 is 25.9 Å². The number of amides is 1. The summed E-state index contributed by atoms with van der Waals surface area (Å²) in [5, 5.41) is 10.5. The lowest BCUT2D eigenvalue weighted by atomic mass is 10.1. The van der Waals surface area contributed by atoms with Crippen molar-refractivity contribution in [3.05, 3.63) is 188 Å². The van der Waals surface area contributed by atoms with E-state index >= 15 is 0 Å². The number of carbonyl (C=O) groups is 2. The van der Waals surface area contributed by atoms with Crippen molar-refractivity contribution >= 4 is 11.7 Å². The molecule has 59 heavy (non-hydrogen) atoms. The smallest absolute Gasteiger partial charge is 0.296 e. The van der Waals surface area contributed by atoms with E-state index in [1.807, 2.05) is 60.7 Å². The third kappa shape index (κ3) is 11.3. The van der Waals surface area contributed by atoms with Crippen molar-refractivity contribution in [3.63, 3.8) is 0 Å². The summed E-state index contributed by atoms with van der Waals surface area (Å²) < 4.78 is 45.6. The summed E-state index contributed by atoms with van der Waals surface area (Å²) in [7, 11) is 3.09. The molecule has 0 saturated carbocycles. The molecule has 7 rings (SSSR count). The zero-order chi connectivity index (χ0) is 41.7. The van der Waals surface area contributed by atoms with Gasteiger partial charge in [-0.2, -0.15) is 0 Å². The third-order valence-corrected chi connectivity index (χ3v) is 8.56. The van der Waals surface area contributed by atoms with Gasteiger partial charge < -0.3 is 19.2 Å². The Morgan fingerprint density at radius 1 is 0.661 bits per heavy atom. The Bertz CT molecular complexity index is 2630. The Morgan fingerprint density at radius 2 is 1.19 bits per heavy atom. The van der Waals surface area contributed by atoms with Crippen LogP contribution in [0.2, 0.25) is 0 Å². The van der Waals surface area contributed by atoms with Crippen LogP contribution in [0.4, 0.5) is 8.78 Å². The number of carbonyl (C=O) groups excluding carboxylic acids is 2. The van der Waals surface area contributed by atoms with E-state index in [0.717, 1.165) is 16.7 Å². The van der Waals surface area contributed by atoms with Gasteiger partial charge in [0.1, 0.15) is 24.8 Å². The number of ketones is 1. The lowest BCUT2D eigenvalue weighted by Crippen LogP contribution is -2.32. The second-order valence-corrected chi connectivity index (χ2v) is 13.0. The maximum absolute atomic E-state index is 13.1. The minimum atomic E-state index is -0.553. The Kier molecular flexibility index (Phi) is 13.6. The first-order valence-electron chi connectivity index (χ1n) is 18.1. The predicted molar refractivity (Wildman–Crippen MR) is 210 cm³/mol. The fourth-order valence-electron chi connectivity index (χ4n) is 5.41. The van der Waals surface area contributed by atoms with Gasteiger partial charge in [0.25, 0.3) is 17.0 Å². The highest BCUT2D eigenvalue weighted by molar-refractivity contribution is 5.99. The minimum Gasteiger partial charge on any atom is -0.481 e. The average Bonchev–Trinajstić information content (AvgIpc) is 3.71. The van der Waals surface area contributed by atoms with Crippen LogP contribution in [0.3, 0.4) is 0 Å². The van der Waals surface area contributed by atoms with Crippen LogP contribution in [0, 0.1) is 11.6 Å². The molecule has 0 atom stereocenters. The molecule has 14 nitrogen and oxygen atoms in total. The fourth-order valence-corrected chi connectivity index (χ4v) is 5.41. The van der Waals surface area contributed by atoms with Crippen LogP contribution >= 0.6 is 0 Å². The van der Waals surface area contributed by atoms with E-state index in [2.05, 4.69) is 25.5 Å². The summed E-state index contributed by atoms with van der Waals surface area (Å²) in [6, 6.07) is 30.2. The third-order valence-electron chi connectivity index (χ3n) is 8.56. The van der Waals surface area contributed by atoms with Gasteiger partial charge in [-0.25, -0.2) is 18.7 Å². The molecule has 0 radical (unpaired) electrons. The lowest BCUT2D eigenvalue weighted by Gasteiger charge is -2.11. The number of benzene rings is 4. The zero-order valence-electron chi connectivity index (χ0n) is 31.9. The summed E-state index contributed by atoms with van der Waals surface area (Å²) in [5.41, 5.74) is 2.35. The molecule has 0 aliphatic carbocycles. The van der Waals surface area contributed by atoms with Crippen LogP contribution in [0.25, 0.3) is 11.6 Å². The van der Waals surface area contributed by atoms with E-state index < -0.39 is 23.1 Å². The van der Waals surface area contributed by atoms with Crippen molar-refractivity contribution in [1.29, 1.82) is 0 Å². The topological polar surface area (TPSA) is 173 Å². The van der Waals surface area contributed by atoms with Crippen LogP contribution in [-0.2, 0) is 44.9 Å². The summed E-state index contributed by atoms with van der Waals surface area (Å²) >= 11 is 0. The highest BCUT2D eigenvalue weighted by atomic mass is 19.1. The molecule has 0 fully saturated rings. The SMILES string of the molecule is Cn1cnc(-c2nnc(Cc3ccc(F)cc3)o2)c(OCc2ccccc2)c1=O.Cn1cnc(C(=O)CNC(=O)Cc2ccc(F)cc2)c(OCc2ccccc2)c1=O. The number of Topliss-reactive ketones (excluding diaryl/α,β-unsaturated/α-hetero) is 1. The Hall–Kier alpha value is -7.62. The van der Waals surface area contributed by atoms with Gasteiger partial charge in [-0.3, -0.25) is 28.3 Å². The molecule has 0 spiro atoms. The van der Waals surface area contributed by atoms with Gasteiger partial charge in [0.15, 0.2) is 11.4 Å². The molecule has 3 heterocycles. The number of nitrogens with zero attached hydrogens (tertiary/aromatic N) is 6. The second kappa shape index (κ2) is 19.5. The Labute approximate surface area is 335 Å². The van der Waals surface area contributed by atoms with Crippen molar-refractivity contribution in [3.8, 4) is 23.1 Å². The monoisotopic (exact) mass is 801 g/mol. The zero-order valence-corrected chi connectivity index (χ0v) is 31.9. The number of hydrogen-bond donors (Lipinski definition) is 1. The lowest BCUT2D eigenvalue weighted by molar-refractivity contribution is -0.120. The molecule has 4 aromatic carbocycles. The fraction of sp³-hybridized carbons (Fsp3) is 0.163. The predicted octanol–water partition coefficient (Wildman–Crippen LogP) is 5.18. The molecular formula is C43H37F2N7O7. The number of nitrogens with one attached hydrogen (secondary N) is 1. The summed E-state index contributed by atoms with van der Waals surface area (Å²) in [6.07, 6.45) is 2.93. The number of ether oxygens (including phenoxy) is 2. The molecule has 0 bridgehead atoms. The van der Waals surface area contributed by atoms with Gasteiger partial charge in [0, 0.05) is 14.1 Å². The molecule has 7 aromatic rings. The van der Waals surface area contributed by atoms with E-state index in [1.54, 1.807) is 19.2 Å². The number of rotatable bonds is 14. The standard InChI is InChI=1S/C22H20FN3O4.C21H17FN4O3/c1-26-14-25-20(21(22(26)29)30-13-16-5-3-2-4-6-16)18(27)12-24-19(28)11-15-7-9-17(23)10-8-15;1-26-13-23-18(19(21(26)27)28-12-15-5-3-2-4-6-15)20-25-24-17(29-20)11-14-7-9-16(22)10-8-14/h2-10,14H,11-13H2,1H3,(H,24,28);2-10,13H,11-12H2,1H3. The van der Waals surface area contributed by atoms with Crippen LogP contribution in [0.5, 0.6) is 11.5 Å². The first kappa shape index (κ1) is 41.0. The number of halogens is 2. The van der Waals surface area contributed by atoms with Gasteiger partial charge in [0.05, 0.1) is 32.0 Å². The molecule has 1 amide bonds. The van der Waals surface area contributed by atoms with Crippen molar-refractivity contribution in [2.24, 2.45) is 14.1 Å². The van der Waals surface area contributed by atoms with Gasteiger partial charge in [-0.15, -0.1) is 10.2 Å². The highest BCUT2D eigenvalue weighted by Gasteiger charge is 2.22. The van der Waals surface area contributed by atoms with Crippen molar-refractivity contribution in [2.45, 2.75) is 26.1 Å². The quantitative estimate of drug-likeness (QED) is 0.144. The molecule has 1 N–H and O–H groups in total. The maximum atomic E-state index is 13.1. The molecule has 0 unspecified atom stereocenters. The van der Waals surface area contributed by atoms with E-state index in [0.29, 0.717) is 17.9 Å². The first-order valence-corrected chi connectivity index (χ1v) is 18.1. The molecule has 300 valence electrons. The molecule has 3 aromatic heterocycles.